The highest BCUT2D eigenvalue weighted by molar-refractivity contribution is 5.58. The molecule has 122 valence electrons. The zero-order valence-corrected chi connectivity index (χ0v) is 13.6. The number of rotatable bonds is 4. The molecule has 3 heteroatoms. The molecule has 1 aromatic heterocycles. The fraction of sp³-hybridized carbons (Fsp3) is 0.238. The maximum atomic E-state index is 11.0. The predicted molar refractivity (Wildman–Crippen MR) is 94.4 cm³/mol. The Labute approximate surface area is 142 Å². The minimum Gasteiger partial charge on any atom is -0.464 e. The van der Waals surface area contributed by atoms with Gasteiger partial charge in [-0.15, -0.1) is 0 Å². The van der Waals surface area contributed by atoms with Crippen molar-refractivity contribution in [2.75, 3.05) is 13.1 Å². The molecule has 0 amide bonds. The van der Waals surface area contributed by atoms with Crippen molar-refractivity contribution in [2.45, 2.75) is 18.6 Å². The number of hydrogen-bond donors (Lipinski definition) is 1. The molecule has 0 unspecified atom stereocenters. The van der Waals surface area contributed by atoms with Gasteiger partial charge in [-0.25, -0.2) is 0 Å². The summed E-state index contributed by atoms with van der Waals surface area (Å²) in [6.45, 7) is 2.40. The van der Waals surface area contributed by atoms with E-state index in [2.05, 4.69) is 29.2 Å². The Morgan fingerprint density at radius 3 is 2.67 bits per heavy atom. The van der Waals surface area contributed by atoms with Crippen molar-refractivity contribution in [3.8, 4) is 11.3 Å². The van der Waals surface area contributed by atoms with Crippen LogP contribution in [0.15, 0.2) is 77.4 Å². The molecule has 1 saturated heterocycles. The molecular formula is C21H21NO2. The molecule has 2 heterocycles. The molecule has 24 heavy (non-hydrogen) atoms. The Morgan fingerprint density at radius 2 is 1.88 bits per heavy atom. The molecule has 0 saturated carbocycles. The van der Waals surface area contributed by atoms with Gasteiger partial charge in [0.1, 0.15) is 11.4 Å². The van der Waals surface area contributed by atoms with E-state index in [1.807, 2.05) is 42.5 Å². The summed E-state index contributed by atoms with van der Waals surface area (Å²) in [5.74, 6) is 0.888. The number of benzene rings is 2. The molecule has 3 aromatic rings. The van der Waals surface area contributed by atoms with E-state index >= 15 is 0 Å². The average Bonchev–Trinajstić information content (AvgIpc) is 3.27. The van der Waals surface area contributed by atoms with E-state index in [1.54, 1.807) is 6.26 Å². The van der Waals surface area contributed by atoms with Crippen LogP contribution in [0.3, 0.4) is 0 Å². The molecule has 2 aromatic carbocycles. The first-order valence-electron chi connectivity index (χ1n) is 8.36. The first-order chi connectivity index (χ1) is 11.7. The van der Waals surface area contributed by atoms with E-state index < -0.39 is 5.60 Å². The Hall–Kier alpha value is -2.36. The van der Waals surface area contributed by atoms with Gasteiger partial charge < -0.3 is 9.52 Å². The summed E-state index contributed by atoms with van der Waals surface area (Å²) in [5.41, 5.74) is 2.60. The van der Waals surface area contributed by atoms with Crippen molar-refractivity contribution < 1.29 is 9.52 Å². The molecule has 0 radical (unpaired) electrons. The standard InChI is InChI=1S/C21H21NO2/c23-21(19-8-2-1-3-9-19)11-12-22(16-21)15-17-6-4-7-18(14-17)20-10-5-13-24-20/h1-10,13-14,23H,11-12,15-16H2/t21-/m1/s1. The lowest BCUT2D eigenvalue weighted by molar-refractivity contribution is 0.0453. The molecule has 0 bridgehead atoms. The van der Waals surface area contributed by atoms with Crippen molar-refractivity contribution in [3.63, 3.8) is 0 Å². The highest BCUT2D eigenvalue weighted by Gasteiger charge is 2.37. The second-order valence-electron chi connectivity index (χ2n) is 6.54. The van der Waals surface area contributed by atoms with Crippen LogP contribution in [0.25, 0.3) is 11.3 Å². The quantitative estimate of drug-likeness (QED) is 0.788. The van der Waals surface area contributed by atoms with Crippen molar-refractivity contribution in [2.24, 2.45) is 0 Å². The van der Waals surface area contributed by atoms with Gasteiger partial charge in [0.2, 0.25) is 0 Å². The van der Waals surface area contributed by atoms with Crippen molar-refractivity contribution in [1.29, 1.82) is 0 Å². The lowest BCUT2D eigenvalue weighted by Crippen LogP contribution is -2.30. The zero-order chi connectivity index (χ0) is 16.4. The fourth-order valence-electron chi connectivity index (χ4n) is 3.51. The third-order valence-electron chi connectivity index (χ3n) is 4.78. The SMILES string of the molecule is O[C@]1(c2ccccc2)CCN(Cc2cccc(-c3ccco3)c2)C1. The van der Waals surface area contributed by atoms with Gasteiger partial charge in [-0.1, -0.05) is 48.5 Å². The number of nitrogens with zero attached hydrogens (tertiary/aromatic N) is 1. The number of aliphatic hydroxyl groups is 1. The highest BCUT2D eigenvalue weighted by Crippen LogP contribution is 2.32. The summed E-state index contributed by atoms with van der Waals surface area (Å²) in [6, 6.07) is 22.3. The van der Waals surface area contributed by atoms with Gasteiger partial charge in [-0.3, -0.25) is 4.90 Å². The number of furan rings is 1. The molecule has 1 atom stereocenters. The molecular weight excluding hydrogens is 298 g/mol. The summed E-state index contributed by atoms with van der Waals surface area (Å²) in [6.07, 6.45) is 2.47. The number of hydrogen-bond acceptors (Lipinski definition) is 3. The van der Waals surface area contributed by atoms with Crippen molar-refractivity contribution in [1.82, 2.24) is 4.90 Å². The summed E-state index contributed by atoms with van der Waals surface area (Å²) in [4.78, 5) is 2.31. The van der Waals surface area contributed by atoms with Gasteiger partial charge in [-0.2, -0.15) is 0 Å². The molecule has 1 aliphatic rings. The van der Waals surface area contributed by atoms with Crippen LogP contribution in [0, 0.1) is 0 Å². The van der Waals surface area contributed by atoms with Crippen LogP contribution in [-0.2, 0) is 12.1 Å². The molecule has 3 nitrogen and oxygen atoms in total. The Bertz CT molecular complexity index is 798. The maximum absolute atomic E-state index is 11.0. The van der Waals surface area contributed by atoms with Gasteiger partial charge in [0.05, 0.1) is 6.26 Å². The number of likely N-dealkylation sites (tertiary alicyclic amines) is 1. The molecule has 0 spiro atoms. The second kappa shape index (κ2) is 6.27. The van der Waals surface area contributed by atoms with Crippen LogP contribution in [0.1, 0.15) is 17.5 Å². The van der Waals surface area contributed by atoms with Gasteiger partial charge in [-0.05, 0) is 35.7 Å². The van der Waals surface area contributed by atoms with Gasteiger partial charge in [0.25, 0.3) is 0 Å². The van der Waals surface area contributed by atoms with Gasteiger partial charge >= 0.3 is 0 Å². The van der Waals surface area contributed by atoms with E-state index in [0.29, 0.717) is 6.54 Å². The largest absolute Gasteiger partial charge is 0.464 e. The van der Waals surface area contributed by atoms with Gasteiger partial charge in [0, 0.05) is 25.2 Å². The topological polar surface area (TPSA) is 36.6 Å². The molecule has 4 rings (SSSR count). The zero-order valence-electron chi connectivity index (χ0n) is 13.6. The first kappa shape index (κ1) is 15.2. The minimum absolute atomic E-state index is 0.669. The third kappa shape index (κ3) is 3.01. The van der Waals surface area contributed by atoms with Crippen LogP contribution in [0.2, 0.25) is 0 Å². The van der Waals surface area contributed by atoms with E-state index in [1.165, 1.54) is 5.56 Å². The predicted octanol–water partition coefficient (Wildman–Crippen LogP) is 4.04. The average molecular weight is 319 g/mol. The summed E-state index contributed by atoms with van der Waals surface area (Å²) in [7, 11) is 0. The second-order valence-corrected chi connectivity index (χ2v) is 6.54. The Balaban J connectivity index is 1.48. The normalized spacial score (nSPS) is 21.2. The third-order valence-corrected chi connectivity index (χ3v) is 4.78. The van der Waals surface area contributed by atoms with Gasteiger partial charge in [0.15, 0.2) is 0 Å². The summed E-state index contributed by atoms with van der Waals surface area (Å²) >= 11 is 0. The Morgan fingerprint density at radius 1 is 1.00 bits per heavy atom. The lowest BCUT2D eigenvalue weighted by Gasteiger charge is -2.24. The molecule has 1 fully saturated rings. The van der Waals surface area contributed by atoms with E-state index in [-0.39, 0.29) is 0 Å². The maximum Gasteiger partial charge on any atom is 0.133 e. The fourth-order valence-corrected chi connectivity index (χ4v) is 3.51. The minimum atomic E-state index is -0.736. The van der Waals surface area contributed by atoms with Crippen molar-refractivity contribution >= 4 is 0 Å². The van der Waals surface area contributed by atoms with Crippen LogP contribution in [-0.4, -0.2) is 23.1 Å². The van der Waals surface area contributed by atoms with Crippen LogP contribution >= 0.6 is 0 Å². The van der Waals surface area contributed by atoms with E-state index in [0.717, 1.165) is 36.4 Å². The van der Waals surface area contributed by atoms with E-state index in [4.69, 9.17) is 4.42 Å². The highest BCUT2D eigenvalue weighted by atomic mass is 16.3. The Kier molecular flexibility index (Phi) is 3.97. The lowest BCUT2D eigenvalue weighted by atomic mass is 9.93. The summed E-state index contributed by atoms with van der Waals surface area (Å²) in [5, 5.41) is 11.0. The van der Waals surface area contributed by atoms with E-state index in [9.17, 15) is 5.11 Å². The first-order valence-corrected chi connectivity index (χ1v) is 8.36. The number of β-amino-alcohol motifs (C(OH)–C–C–N with tert-alkyl or cyclic N) is 1. The monoisotopic (exact) mass is 319 g/mol. The van der Waals surface area contributed by atoms with Crippen LogP contribution in [0.5, 0.6) is 0 Å². The smallest absolute Gasteiger partial charge is 0.133 e. The summed E-state index contributed by atoms with van der Waals surface area (Å²) < 4.78 is 5.48. The molecule has 1 N–H and O–H groups in total. The molecule has 1 aliphatic heterocycles. The van der Waals surface area contributed by atoms with Crippen LogP contribution in [0.4, 0.5) is 0 Å². The van der Waals surface area contributed by atoms with Crippen molar-refractivity contribution in [3.05, 3.63) is 84.1 Å². The van der Waals surface area contributed by atoms with Crippen LogP contribution < -0.4 is 0 Å². The molecule has 0 aliphatic carbocycles.